The van der Waals surface area contributed by atoms with Crippen LogP contribution in [0, 0.1) is 0 Å². The lowest BCUT2D eigenvalue weighted by Crippen LogP contribution is -2.34. The molecule has 0 unspecified atom stereocenters. The van der Waals surface area contributed by atoms with Crippen molar-refractivity contribution >= 4 is 21.9 Å². The molecule has 0 aromatic carbocycles. The molecule has 2 rings (SSSR count). The fourth-order valence-corrected chi connectivity index (χ4v) is 2.80. The molecular formula is C10H11BrN2O2. The smallest absolute Gasteiger partial charge is 0.315 e. The van der Waals surface area contributed by atoms with E-state index in [0.717, 1.165) is 12.8 Å². The third-order valence-electron chi connectivity index (χ3n) is 2.99. The van der Waals surface area contributed by atoms with Gasteiger partial charge >= 0.3 is 5.97 Å². The van der Waals surface area contributed by atoms with Crippen LogP contribution in [0.4, 0.5) is 0 Å². The summed E-state index contributed by atoms with van der Waals surface area (Å²) in [5.41, 5.74) is -0.190. The first kappa shape index (κ1) is 10.5. The van der Waals surface area contributed by atoms with Gasteiger partial charge in [0.15, 0.2) is 0 Å². The van der Waals surface area contributed by atoms with Gasteiger partial charge in [0.05, 0.1) is 10.2 Å². The molecule has 1 saturated carbocycles. The number of rotatable bonds is 2. The van der Waals surface area contributed by atoms with Crippen LogP contribution in [-0.2, 0) is 10.2 Å². The van der Waals surface area contributed by atoms with E-state index in [4.69, 9.17) is 0 Å². The van der Waals surface area contributed by atoms with E-state index < -0.39 is 11.4 Å². The van der Waals surface area contributed by atoms with Crippen LogP contribution < -0.4 is 0 Å². The molecule has 0 aliphatic heterocycles. The van der Waals surface area contributed by atoms with E-state index in [-0.39, 0.29) is 0 Å². The SMILES string of the molecule is O=C(O)C1(c2ncncc2Br)CCCC1. The van der Waals surface area contributed by atoms with E-state index in [2.05, 4.69) is 25.9 Å². The summed E-state index contributed by atoms with van der Waals surface area (Å²) >= 11 is 3.32. The van der Waals surface area contributed by atoms with Crippen molar-refractivity contribution in [2.45, 2.75) is 31.1 Å². The average Bonchev–Trinajstić information content (AvgIpc) is 2.68. The maximum absolute atomic E-state index is 11.4. The Morgan fingerprint density at radius 1 is 1.47 bits per heavy atom. The van der Waals surface area contributed by atoms with Gasteiger partial charge in [0.25, 0.3) is 0 Å². The molecular weight excluding hydrogens is 260 g/mol. The summed E-state index contributed by atoms with van der Waals surface area (Å²) in [6, 6.07) is 0. The fourth-order valence-electron chi connectivity index (χ4n) is 2.20. The molecule has 0 amide bonds. The maximum atomic E-state index is 11.4. The van der Waals surface area contributed by atoms with Crippen molar-refractivity contribution in [3.05, 3.63) is 22.7 Å². The Kier molecular flexibility index (Phi) is 2.73. The molecule has 1 aromatic rings. The normalized spacial score (nSPS) is 19.0. The van der Waals surface area contributed by atoms with Crippen molar-refractivity contribution in [3.8, 4) is 0 Å². The lowest BCUT2D eigenvalue weighted by molar-refractivity contribution is -0.143. The zero-order valence-corrected chi connectivity index (χ0v) is 9.70. The van der Waals surface area contributed by atoms with E-state index in [0.29, 0.717) is 23.0 Å². The van der Waals surface area contributed by atoms with E-state index in [1.165, 1.54) is 6.33 Å². The van der Waals surface area contributed by atoms with Crippen LogP contribution >= 0.6 is 15.9 Å². The van der Waals surface area contributed by atoms with Crippen LogP contribution in [0.1, 0.15) is 31.4 Å². The van der Waals surface area contributed by atoms with Crippen molar-refractivity contribution in [1.29, 1.82) is 0 Å². The standard InChI is InChI=1S/C10H11BrN2O2/c11-7-5-12-6-13-8(7)10(9(14)15)3-1-2-4-10/h5-6H,1-4H2,(H,14,15). The van der Waals surface area contributed by atoms with Crippen molar-refractivity contribution < 1.29 is 9.90 Å². The van der Waals surface area contributed by atoms with Gasteiger partial charge in [-0.3, -0.25) is 4.79 Å². The summed E-state index contributed by atoms with van der Waals surface area (Å²) in [6.45, 7) is 0. The first-order chi connectivity index (χ1) is 7.17. The van der Waals surface area contributed by atoms with Crippen molar-refractivity contribution in [3.63, 3.8) is 0 Å². The van der Waals surface area contributed by atoms with Crippen LogP contribution in [0.5, 0.6) is 0 Å². The molecule has 15 heavy (non-hydrogen) atoms. The highest BCUT2D eigenvalue weighted by molar-refractivity contribution is 9.10. The first-order valence-electron chi connectivity index (χ1n) is 4.86. The Hall–Kier alpha value is -0.970. The monoisotopic (exact) mass is 270 g/mol. The van der Waals surface area contributed by atoms with Crippen LogP contribution in [0.2, 0.25) is 0 Å². The minimum Gasteiger partial charge on any atom is -0.481 e. The van der Waals surface area contributed by atoms with E-state index in [1.54, 1.807) is 6.20 Å². The molecule has 4 nitrogen and oxygen atoms in total. The van der Waals surface area contributed by atoms with Crippen LogP contribution in [0.3, 0.4) is 0 Å². The van der Waals surface area contributed by atoms with E-state index in [9.17, 15) is 9.90 Å². The Morgan fingerprint density at radius 2 is 2.13 bits per heavy atom. The Balaban J connectivity index is 2.50. The molecule has 80 valence electrons. The summed E-state index contributed by atoms with van der Waals surface area (Å²) in [6.07, 6.45) is 6.23. The molecule has 0 bridgehead atoms. The second kappa shape index (κ2) is 3.89. The van der Waals surface area contributed by atoms with Gasteiger partial charge in [-0.25, -0.2) is 9.97 Å². The minimum atomic E-state index is -0.804. The number of hydrogen-bond donors (Lipinski definition) is 1. The third kappa shape index (κ3) is 1.65. The van der Waals surface area contributed by atoms with Crippen molar-refractivity contribution in [1.82, 2.24) is 9.97 Å². The van der Waals surface area contributed by atoms with Crippen LogP contribution in [-0.4, -0.2) is 21.0 Å². The molecule has 0 spiro atoms. The van der Waals surface area contributed by atoms with Crippen molar-refractivity contribution in [2.24, 2.45) is 0 Å². The Morgan fingerprint density at radius 3 is 2.67 bits per heavy atom. The van der Waals surface area contributed by atoms with Gasteiger partial charge in [-0.1, -0.05) is 12.8 Å². The van der Waals surface area contributed by atoms with Gasteiger partial charge in [0.1, 0.15) is 11.7 Å². The fraction of sp³-hybridized carbons (Fsp3) is 0.500. The molecule has 1 aromatic heterocycles. The number of carbonyl (C=O) groups is 1. The number of aliphatic carboxylic acids is 1. The van der Waals surface area contributed by atoms with E-state index in [1.807, 2.05) is 0 Å². The molecule has 1 fully saturated rings. The summed E-state index contributed by atoms with van der Waals surface area (Å²) in [4.78, 5) is 19.4. The minimum absolute atomic E-state index is 0.613. The predicted molar refractivity (Wildman–Crippen MR) is 57.5 cm³/mol. The number of halogens is 1. The lowest BCUT2D eigenvalue weighted by atomic mass is 9.82. The molecule has 0 atom stereocenters. The highest BCUT2D eigenvalue weighted by Crippen LogP contribution is 2.42. The average molecular weight is 271 g/mol. The molecule has 0 saturated heterocycles. The van der Waals surface area contributed by atoms with Gasteiger partial charge in [-0.2, -0.15) is 0 Å². The zero-order chi connectivity index (χ0) is 10.9. The summed E-state index contributed by atoms with van der Waals surface area (Å²) < 4.78 is 0.689. The molecule has 5 heteroatoms. The Bertz CT molecular complexity index is 389. The first-order valence-corrected chi connectivity index (χ1v) is 5.65. The third-order valence-corrected chi connectivity index (χ3v) is 3.57. The molecule has 1 heterocycles. The van der Waals surface area contributed by atoms with Crippen LogP contribution in [0.15, 0.2) is 17.0 Å². The molecule has 1 aliphatic rings. The van der Waals surface area contributed by atoms with Crippen LogP contribution in [0.25, 0.3) is 0 Å². The summed E-state index contributed by atoms with van der Waals surface area (Å²) in [5, 5.41) is 9.36. The molecule has 1 N–H and O–H groups in total. The van der Waals surface area contributed by atoms with Gasteiger partial charge in [-0.15, -0.1) is 0 Å². The number of carboxylic acids is 1. The van der Waals surface area contributed by atoms with Crippen molar-refractivity contribution in [2.75, 3.05) is 0 Å². The molecule has 0 radical (unpaired) electrons. The highest BCUT2D eigenvalue weighted by atomic mass is 79.9. The second-order valence-corrected chi connectivity index (χ2v) is 4.67. The number of aromatic nitrogens is 2. The van der Waals surface area contributed by atoms with E-state index >= 15 is 0 Å². The second-order valence-electron chi connectivity index (χ2n) is 3.81. The quantitative estimate of drug-likeness (QED) is 0.895. The van der Waals surface area contributed by atoms with Gasteiger partial charge in [0.2, 0.25) is 0 Å². The summed E-state index contributed by atoms with van der Waals surface area (Å²) in [7, 11) is 0. The number of nitrogens with zero attached hydrogens (tertiary/aromatic N) is 2. The topological polar surface area (TPSA) is 63.1 Å². The lowest BCUT2D eigenvalue weighted by Gasteiger charge is -2.23. The largest absolute Gasteiger partial charge is 0.481 e. The van der Waals surface area contributed by atoms with Gasteiger partial charge in [-0.05, 0) is 28.8 Å². The number of carboxylic acid groups (broad SMARTS) is 1. The number of hydrogen-bond acceptors (Lipinski definition) is 3. The van der Waals surface area contributed by atoms with Gasteiger partial charge in [0, 0.05) is 6.20 Å². The summed E-state index contributed by atoms with van der Waals surface area (Å²) in [5.74, 6) is -0.778. The van der Waals surface area contributed by atoms with Gasteiger partial charge < -0.3 is 5.11 Å². The predicted octanol–water partition coefficient (Wildman–Crippen LogP) is 2.14. The molecule has 1 aliphatic carbocycles. The maximum Gasteiger partial charge on any atom is 0.315 e. The Labute approximate surface area is 95.9 Å². The highest BCUT2D eigenvalue weighted by Gasteiger charge is 2.45. The zero-order valence-electron chi connectivity index (χ0n) is 8.11.